The summed E-state index contributed by atoms with van der Waals surface area (Å²) < 4.78 is 27.1. The number of benzene rings is 1. The minimum Gasteiger partial charge on any atom is -0.208 e. The van der Waals surface area contributed by atoms with E-state index in [9.17, 15) is 8.42 Å². The largest absolute Gasteiger partial charge is 0.240 e. The van der Waals surface area contributed by atoms with Gasteiger partial charge in [0.15, 0.2) is 0 Å². The molecule has 0 unspecified atom stereocenters. The van der Waals surface area contributed by atoms with E-state index in [-0.39, 0.29) is 6.04 Å². The minimum absolute atomic E-state index is 0.0916. The molecule has 1 aromatic rings. The van der Waals surface area contributed by atoms with Gasteiger partial charge >= 0.3 is 0 Å². The van der Waals surface area contributed by atoms with E-state index >= 15 is 0 Å². The molecule has 1 N–H and O–H groups in total. The van der Waals surface area contributed by atoms with Gasteiger partial charge in [-0.3, -0.25) is 0 Å². The van der Waals surface area contributed by atoms with Gasteiger partial charge in [0.1, 0.15) is 0 Å². The molecule has 0 saturated heterocycles. The fourth-order valence-corrected chi connectivity index (χ4v) is 3.76. The lowest BCUT2D eigenvalue weighted by Crippen LogP contribution is -2.40. The van der Waals surface area contributed by atoms with Crippen LogP contribution in [0.4, 0.5) is 0 Å². The molecular formula is C13H19NO2S. The van der Waals surface area contributed by atoms with Crippen LogP contribution in [-0.2, 0) is 10.0 Å². The zero-order chi connectivity index (χ0) is 12.3. The van der Waals surface area contributed by atoms with Crippen LogP contribution in [0.5, 0.6) is 0 Å². The summed E-state index contributed by atoms with van der Waals surface area (Å²) in [6.07, 6.45) is 4.40. The van der Waals surface area contributed by atoms with Crippen LogP contribution in [0.1, 0.15) is 32.6 Å². The topological polar surface area (TPSA) is 46.2 Å². The molecular weight excluding hydrogens is 234 g/mol. The van der Waals surface area contributed by atoms with E-state index in [1.165, 1.54) is 6.42 Å². The molecule has 1 aliphatic rings. The Kier molecular flexibility index (Phi) is 3.84. The van der Waals surface area contributed by atoms with Crippen LogP contribution in [0.25, 0.3) is 0 Å². The molecule has 0 amide bonds. The molecule has 0 aromatic heterocycles. The monoisotopic (exact) mass is 253 g/mol. The van der Waals surface area contributed by atoms with Crippen molar-refractivity contribution in [3.63, 3.8) is 0 Å². The number of rotatable bonds is 3. The van der Waals surface area contributed by atoms with Crippen molar-refractivity contribution in [3.05, 3.63) is 30.3 Å². The molecule has 0 spiro atoms. The summed E-state index contributed by atoms with van der Waals surface area (Å²) in [5.41, 5.74) is 0. The van der Waals surface area contributed by atoms with Crippen molar-refractivity contribution in [3.8, 4) is 0 Å². The summed E-state index contributed by atoms with van der Waals surface area (Å²) >= 11 is 0. The molecule has 0 radical (unpaired) electrons. The predicted molar refractivity (Wildman–Crippen MR) is 68.2 cm³/mol. The van der Waals surface area contributed by atoms with Crippen molar-refractivity contribution < 1.29 is 8.42 Å². The molecule has 0 bridgehead atoms. The SMILES string of the molecule is C[C@@H]1CCCC[C@@H]1NS(=O)(=O)c1ccccc1. The van der Waals surface area contributed by atoms with Crippen LogP contribution < -0.4 is 4.72 Å². The average molecular weight is 253 g/mol. The lowest BCUT2D eigenvalue weighted by Gasteiger charge is -2.29. The Bertz CT molecular complexity index is 456. The minimum atomic E-state index is -3.34. The zero-order valence-electron chi connectivity index (χ0n) is 10.1. The van der Waals surface area contributed by atoms with E-state index in [0.29, 0.717) is 10.8 Å². The van der Waals surface area contributed by atoms with E-state index in [2.05, 4.69) is 11.6 Å². The molecule has 0 heterocycles. The molecule has 2 rings (SSSR count). The van der Waals surface area contributed by atoms with E-state index < -0.39 is 10.0 Å². The molecule has 2 atom stereocenters. The Morgan fingerprint density at radius 2 is 1.76 bits per heavy atom. The Balaban J connectivity index is 2.12. The van der Waals surface area contributed by atoms with Crippen molar-refractivity contribution >= 4 is 10.0 Å². The van der Waals surface area contributed by atoms with Crippen LogP contribution in [0.3, 0.4) is 0 Å². The third-order valence-corrected chi connectivity index (χ3v) is 4.98. The fourth-order valence-electron chi connectivity index (χ4n) is 2.36. The molecule has 1 aliphatic carbocycles. The predicted octanol–water partition coefficient (Wildman–Crippen LogP) is 2.54. The maximum absolute atomic E-state index is 12.1. The van der Waals surface area contributed by atoms with Crippen molar-refractivity contribution in [1.82, 2.24) is 4.72 Å². The highest BCUT2D eigenvalue weighted by Crippen LogP contribution is 2.25. The average Bonchev–Trinajstić information content (AvgIpc) is 2.33. The first-order valence-corrected chi connectivity index (χ1v) is 7.65. The first-order valence-electron chi connectivity index (χ1n) is 6.17. The normalized spacial score (nSPS) is 25.7. The van der Waals surface area contributed by atoms with E-state index in [1.54, 1.807) is 24.3 Å². The Morgan fingerprint density at radius 1 is 1.12 bits per heavy atom. The summed E-state index contributed by atoms with van der Waals surface area (Å²) in [5, 5.41) is 0. The van der Waals surface area contributed by atoms with Crippen LogP contribution >= 0.6 is 0 Å². The lowest BCUT2D eigenvalue weighted by atomic mass is 9.87. The van der Waals surface area contributed by atoms with Gasteiger partial charge in [0, 0.05) is 6.04 Å². The van der Waals surface area contributed by atoms with Gasteiger partial charge in [0.25, 0.3) is 0 Å². The molecule has 17 heavy (non-hydrogen) atoms. The van der Waals surface area contributed by atoms with Crippen LogP contribution in [0, 0.1) is 5.92 Å². The van der Waals surface area contributed by atoms with Gasteiger partial charge in [-0.25, -0.2) is 13.1 Å². The number of sulfonamides is 1. The van der Waals surface area contributed by atoms with Gasteiger partial charge in [-0.05, 0) is 30.9 Å². The van der Waals surface area contributed by atoms with E-state index in [0.717, 1.165) is 19.3 Å². The maximum Gasteiger partial charge on any atom is 0.240 e. The second-order valence-electron chi connectivity index (χ2n) is 4.80. The standard InChI is InChI=1S/C13H19NO2S/c1-11-7-5-6-10-13(11)14-17(15,16)12-8-3-2-4-9-12/h2-4,8-9,11,13-14H,5-7,10H2,1H3/t11-,13+/m1/s1. The number of hydrogen-bond acceptors (Lipinski definition) is 2. The van der Waals surface area contributed by atoms with Gasteiger partial charge in [-0.15, -0.1) is 0 Å². The summed E-state index contributed by atoms with van der Waals surface area (Å²) in [6, 6.07) is 8.68. The zero-order valence-corrected chi connectivity index (χ0v) is 10.9. The van der Waals surface area contributed by atoms with Crippen LogP contribution in [-0.4, -0.2) is 14.5 Å². The van der Waals surface area contributed by atoms with E-state index in [1.807, 2.05) is 6.07 Å². The van der Waals surface area contributed by atoms with Crippen molar-refractivity contribution in [2.45, 2.75) is 43.5 Å². The third-order valence-electron chi connectivity index (χ3n) is 3.47. The summed E-state index contributed by atoms with van der Waals surface area (Å²) in [4.78, 5) is 0.359. The lowest BCUT2D eigenvalue weighted by molar-refractivity contribution is 0.310. The number of hydrogen-bond donors (Lipinski definition) is 1. The van der Waals surface area contributed by atoms with Crippen molar-refractivity contribution in [2.24, 2.45) is 5.92 Å². The Labute approximate surface area is 103 Å². The highest BCUT2D eigenvalue weighted by Gasteiger charge is 2.26. The first-order chi connectivity index (χ1) is 8.09. The van der Waals surface area contributed by atoms with Gasteiger partial charge in [0.05, 0.1) is 4.90 Å². The Morgan fingerprint density at radius 3 is 2.41 bits per heavy atom. The third kappa shape index (κ3) is 3.07. The fraction of sp³-hybridized carbons (Fsp3) is 0.538. The van der Waals surface area contributed by atoms with Gasteiger partial charge in [-0.1, -0.05) is 38.0 Å². The quantitative estimate of drug-likeness (QED) is 0.899. The van der Waals surface area contributed by atoms with Gasteiger partial charge in [0.2, 0.25) is 10.0 Å². The second kappa shape index (κ2) is 5.19. The van der Waals surface area contributed by atoms with Crippen molar-refractivity contribution in [1.29, 1.82) is 0 Å². The molecule has 94 valence electrons. The smallest absolute Gasteiger partial charge is 0.208 e. The van der Waals surface area contributed by atoms with Gasteiger partial charge in [-0.2, -0.15) is 0 Å². The summed E-state index contributed by atoms with van der Waals surface area (Å²) in [7, 11) is -3.34. The molecule has 1 saturated carbocycles. The molecule has 1 fully saturated rings. The van der Waals surface area contributed by atoms with E-state index in [4.69, 9.17) is 0 Å². The molecule has 3 nitrogen and oxygen atoms in total. The van der Waals surface area contributed by atoms with Crippen LogP contribution in [0.15, 0.2) is 35.2 Å². The van der Waals surface area contributed by atoms with Gasteiger partial charge < -0.3 is 0 Å². The summed E-state index contributed by atoms with van der Waals surface area (Å²) in [6.45, 7) is 2.12. The first kappa shape index (κ1) is 12.6. The second-order valence-corrected chi connectivity index (χ2v) is 6.52. The highest BCUT2D eigenvalue weighted by molar-refractivity contribution is 7.89. The van der Waals surface area contributed by atoms with Crippen molar-refractivity contribution in [2.75, 3.05) is 0 Å². The molecule has 4 heteroatoms. The Hall–Kier alpha value is -0.870. The molecule has 0 aliphatic heterocycles. The van der Waals surface area contributed by atoms with Crippen LogP contribution in [0.2, 0.25) is 0 Å². The highest BCUT2D eigenvalue weighted by atomic mass is 32.2. The maximum atomic E-state index is 12.1. The summed E-state index contributed by atoms with van der Waals surface area (Å²) in [5.74, 6) is 0.433. The number of nitrogens with one attached hydrogen (secondary N) is 1. The molecule has 1 aromatic carbocycles.